The lowest BCUT2D eigenvalue weighted by molar-refractivity contribution is -0.0394. The third-order valence-electron chi connectivity index (χ3n) is 7.46. The molecule has 3 unspecified atom stereocenters. The molecule has 3 heteroatoms. The molecule has 28 heavy (non-hydrogen) atoms. The van der Waals surface area contributed by atoms with E-state index in [1.807, 2.05) is 12.1 Å². The summed E-state index contributed by atoms with van der Waals surface area (Å²) in [4.78, 5) is 11.8. The van der Waals surface area contributed by atoms with Crippen molar-refractivity contribution in [3.8, 4) is 0 Å². The highest BCUT2D eigenvalue weighted by Gasteiger charge is 2.53. The Morgan fingerprint density at radius 2 is 1.89 bits per heavy atom. The monoisotopic (exact) mass is 374 g/mol. The predicted octanol–water partition coefficient (Wildman–Crippen LogP) is 5.87. The first-order valence-corrected chi connectivity index (χ1v) is 10.2. The maximum atomic E-state index is 11.8. The first-order valence-electron chi connectivity index (χ1n) is 10.2. The number of carboxylic acids is 1. The largest absolute Gasteiger partial charge is 0.478 e. The molecular formula is C25H26O3. The van der Waals surface area contributed by atoms with Crippen molar-refractivity contribution in [2.45, 2.75) is 64.6 Å². The number of hydrogen-bond donors (Lipinski definition) is 1. The molecule has 3 aliphatic rings. The van der Waals surface area contributed by atoms with E-state index in [4.69, 9.17) is 4.74 Å². The molecule has 1 heterocycles. The maximum absolute atomic E-state index is 11.8. The summed E-state index contributed by atoms with van der Waals surface area (Å²) in [6, 6.07) is 9.83. The number of allylic oxidation sites excluding steroid dienone is 2. The lowest BCUT2D eigenvalue weighted by Crippen LogP contribution is -2.51. The summed E-state index contributed by atoms with van der Waals surface area (Å²) in [5.41, 5.74) is 8.38. The van der Waals surface area contributed by atoms with Gasteiger partial charge in [-0.1, -0.05) is 24.3 Å². The molecule has 3 nitrogen and oxygen atoms in total. The molecule has 2 aliphatic carbocycles. The zero-order valence-corrected chi connectivity index (χ0v) is 16.9. The number of rotatable bonds is 1. The van der Waals surface area contributed by atoms with E-state index in [0.717, 1.165) is 23.6 Å². The molecule has 0 spiro atoms. The van der Waals surface area contributed by atoms with Crippen LogP contribution in [0.2, 0.25) is 0 Å². The number of carbonyl (C=O) groups is 1. The average Bonchev–Trinajstić information content (AvgIpc) is 2.68. The molecule has 0 saturated heterocycles. The first-order chi connectivity index (χ1) is 13.4. The van der Waals surface area contributed by atoms with Gasteiger partial charge >= 0.3 is 5.97 Å². The summed E-state index contributed by atoms with van der Waals surface area (Å²) in [7, 11) is 0. The van der Waals surface area contributed by atoms with E-state index in [9.17, 15) is 9.90 Å². The van der Waals surface area contributed by atoms with E-state index < -0.39 is 5.97 Å². The van der Waals surface area contributed by atoms with Crippen LogP contribution in [0.3, 0.4) is 0 Å². The van der Waals surface area contributed by atoms with E-state index in [2.05, 4.69) is 39.8 Å². The van der Waals surface area contributed by atoms with Crippen LogP contribution in [-0.4, -0.2) is 23.3 Å². The number of benzene rings is 2. The standard InChI is InChI=1S/C25H26O3/c1-13-14(2)23-17-9-6-12-25(23,16(4)28-15(17)3)21-11-10-18-19(22(13)21)7-5-8-20(18)24(26)27/h5,7-8,10-11,15-16H,6,9,12H2,1-4H3,(H,26,27). The van der Waals surface area contributed by atoms with Crippen molar-refractivity contribution in [2.24, 2.45) is 0 Å². The molecule has 5 rings (SSSR count). The zero-order valence-electron chi connectivity index (χ0n) is 16.9. The molecule has 2 aromatic rings. The summed E-state index contributed by atoms with van der Waals surface area (Å²) in [6.45, 7) is 8.85. The Bertz CT molecular complexity index is 1100. The van der Waals surface area contributed by atoms with Crippen molar-refractivity contribution in [3.63, 3.8) is 0 Å². The van der Waals surface area contributed by atoms with Crippen LogP contribution in [-0.2, 0) is 10.2 Å². The molecule has 2 bridgehead atoms. The first kappa shape index (κ1) is 17.7. The minimum Gasteiger partial charge on any atom is -0.478 e. The SMILES string of the molecule is CC1=C(C)c2c(ccc3c(C(=O)O)cccc23)C23CCCC(=C12)C(C)OC3C. The van der Waals surface area contributed by atoms with Crippen molar-refractivity contribution in [1.82, 2.24) is 0 Å². The average molecular weight is 374 g/mol. The van der Waals surface area contributed by atoms with Gasteiger partial charge in [0, 0.05) is 5.41 Å². The van der Waals surface area contributed by atoms with Crippen LogP contribution in [0.25, 0.3) is 16.3 Å². The van der Waals surface area contributed by atoms with Gasteiger partial charge in [-0.2, -0.15) is 0 Å². The molecule has 0 saturated carbocycles. The number of carboxylic acid groups (broad SMARTS) is 1. The van der Waals surface area contributed by atoms with Crippen LogP contribution in [0.1, 0.15) is 68.4 Å². The zero-order chi connectivity index (χ0) is 19.8. The fourth-order valence-electron chi connectivity index (χ4n) is 6.17. The van der Waals surface area contributed by atoms with Gasteiger partial charge in [0.15, 0.2) is 0 Å². The number of fused-ring (bicyclic) bond motifs is 3. The number of ether oxygens (including phenoxy) is 1. The fraction of sp³-hybridized carbons (Fsp3) is 0.400. The van der Waals surface area contributed by atoms with Crippen LogP contribution in [0.5, 0.6) is 0 Å². The highest BCUT2D eigenvalue weighted by atomic mass is 16.5. The van der Waals surface area contributed by atoms with Crippen LogP contribution >= 0.6 is 0 Å². The van der Waals surface area contributed by atoms with Gasteiger partial charge in [0.25, 0.3) is 0 Å². The Kier molecular flexibility index (Phi) is 3.67. The summed E-state index contributed by atoms with van der Waals surface area (Å²) in [5.74, 6) is -0.874. The van der Waals surface area contributed by atoms with Crippen LogP contribution < -0.4 is 0 Å². The van der Waals surface area contributed by atoms with Gasteiger partial charge in [-0.25, -0.2) is 4.79 Å². The van der Waals surface area contributed by atoms with Gasteiger partial charge in [0.2, 0.25) is 0 Å². The Morgan fingerprint density at radius 3 is 2.64 bits per heavy atom. The highest BCUT2D eigenvalue weighted by Crippen LogP contribution is 2.59. The van der Waals surface area contributed by atoms with E-state index in [1.165, 1.54) is 39.8 Å². The lowest BCUT2D eigenvalue weighted by atomic mass is 9.55. The Hall–Kier alpha value is -2.39. The summed E-state index contributed by atoms with van der Waals surface area (Å²) >= 11 is 0. The molecule has 2 aromatic carbocycles. The van der Waals surface area contributed by atoms with Crippen LogP contribution in [0.15, 0.2) is 47.1 Å². The van der Waals surface area contributed by atoms with Crippen LogP contribution in [0.4, 0.5) is 0 Å². The van der Waals surface area contributed by atoms with E-state index in [1.54, 1.807) is 6.07 Å². The summed E-state index contributed by atoms with van der Waals surface area (Å²) in [6.07, 6.45) is 3.64. The molecule has 0 fully saturated rings. The number of hydrogen-bond acceptors (Lipinski definition) is 2. The molecule has 0 aromatic heterocycles. The second-order valence-corrected chi connectivity index (χ2v) is 8.59. The molecule has 1 aliphatic heterocycles. The maximum Gasteiger partial charge on any atom is 0.336 e. The van der Waals surface area contributed by atoms with Gasteiger partial charge in [0.1, 0.15) is 0 Å². The van der Waals surface area contributed by atoms with Crippen molar-refractivity contribution in [3.05, 3.63) is 63.7 Å². The Labute approximate surface area is 165 Å². The smallest absolute Gasteiger partial charge is 0.336 e. The van der Waals surface area contributed by atoms with Gasteiger partial charge in [0.05, 0.1) is 17.8 Å². The van der Waals surface area contributed by atoms with Gasteiger partial charge in [-0.05, 0) is 97.2 Å². The summed E-state index contributed by atoms with van der Waals surface area (Å²) in [5, 5.41) is 11.5. The van der Waals surface area contributed by atoms with Gasteiger partial charge < -0.3 is 9.84 Å². The van der Waals surface area contributed by atoms with E-state index in [0.29, 0.717) is 5.56 Å². The topological polar surface area (TPSA) is 46.5 Å². The highest BCUT2D eigenvalue weighted by molar-refractivity contribution is 6.08. The molecular weight excluding hydrogens is 348 g/mol. The second kappa shape index (κ2) is 5.81. The van der Waals surface area contributed by atoms with E-state index >= 15 is 0 Å². The van der Waals surface area contributed by atoms with Gasteiger partial charge in [-0.15, -0.1) is 0 Å². The molecule has 1 N–H and O–H groups in total. The fourth-order valence-corrected chi connectivity index (χ4v) is 6.17. The molecule has 3 atom stereocenters. The van der Waals surface area contributed by atoms with Crippen molar-refractivity contribution in [1.29, 1.82) is 0 Å². The third kappa shape index (κ3) is 2.00. The van der Waals surface area contributed by atoms with Crippen molar-refractivity contribution < 1.29 is 14.6 Å². The lowest BCUT2D eigenvalue weighted by Gasteiger charge is -2.54. The van der Waals surface area contributed by atoms with Crippen molar-refractivity contribution in [2.75, 3.05) is 0 Å². The minimum atomic E-state index is -0.874. The molecule has 0 radical (unpaired) electrons. The normalized spacial score (nSPS) is 29.0. The van der Waals surface area contributed by atoms with Gasteiger partial charge in [-0.3, -0.25) is 0 Å². The second-order valence-electron chi connectivity index (χ2n) is 8.59. The predicted molar refractivity (Wildman–Crippen MR) is 112 cm³/mol. The minimum absolute atomic E-state index is 0.100. The third-order valence-corrected chi connectivity index (χ3v) is 7.46. The quantitative estimate of drug-likeness (QED) is 0.679. The number of aromatic carboxylic acids is 1. The molecule has 144 valence electrons. The Morgan fingerprint density at radius 1 is 1.11 bits per heavy atom. The van der Waals surface area contributed by atoms with Crippen molar-refractivity contribution >= 4 is 22.3 Å². The summed E-state index contributed by atoms with van der Waals surface area (Å²) < 4.78 is 6.45. The molecule has 0 amide bonds. The Balaban J connectivity index is 1.94. The van der Waals surface area contributed by atoms with Crippen LogP contribution in [0, 0.1) is 0 Å². The van der Waals surface area contributed by atoms with E-state index in [-0.39, 0.29) is 17.6 Å².